The van der Waals surface area contributed by atoms with E-state index in [1.165, 1.54) is 18.9 Å². The second kappa shape index (κ2) is 5.05. The van der Waals surface area contributed by atoms with E-state index in [0.717, 1.165) is 6.08 Å². The first-order chi connectivity index (χ1) is 7.75. The molecule has 1 amide bonds. The van der Waals surface area contributed by atoms with Crippen LogP contribution in [0, 0.1) is 0 Å². The molecule has 0 aromatic rings. The van der Waals surface area contributed by atoms with Crippen LogP contribution in [0.1, 0.15) is 13.3 Å². The Balaban J connectivity index is 2.85. The summed E-state index contributed by atoms with van der Waals surface area (Å²) >= 11 is 0. The Kier molecular flexibility index (Phi) is 4.16. The lowest BCUT2D eigenvalue weighted by molar-refractivity contribution is -0.135. The standard InChI is InChI=1S/C9H12ClNO5S/c1-6(3-9(13)16-2)11-5-7(4-8(11)12)17(10,14)15/h3,7H,4-5H2,1-2H3. The lowest BCUT2D eigenvalue weighted by Gasteiger charge is -2.16. The molecular weight excluding hydrogens is 270 g/mol. The molecule has 17 heavy (non-hydrogen) atoms. The fraction of sp³-hybridized carbons (Fsp3) is 0.556. The van der Waals surface area contributed by atoms with Gasteiger partial charge in [-0.15, -0.1) is 0 Å². The quantitative estimate of drug-likeness (QED) is 0.420. The first-order valence-electron chi connectivity index (χ1n) is 4.75. The Morgan fingerprint density at radius 3 is 2.59 bits per heavy atom. The van der Waals surface area contributed by atoms with E-state index in [9.17, 15) is 18.0 Å². The predicted molar refractivity (Wildman–Crippen MR) is 60.7 cm³/mol. The van der Waals surface area contributed by atoms with Crippen LogP contribution in [-0.2, 0) is 23.4 Å². The number of likely N-dealkylation sites (tertiary alicyclic amines) is 1. The Bertz CT molecular complexity index is 470. The molecule has 0 radical (unpaired) electrons. The Hall–Kier alpha value is -1.08. The first kappa shape index (κ1) is 14.0. The molecule has 1 saturated heterocycles. The highest BCUT2D eigenvalue weighted by molar-refractivity contribution is 8.14. The van der Waals surface area contributed by atoms with E-state index in [1.54, 1.807) is 0 Å². The molecule has 0 N–H and O–H groups in total. The third kappa shape index (κ3) is 3.44. The molecule has 1 rings (SSSR count). The van der Waals surface area contributed by atoms with E-state index < -0.39 is 20.3 Å². The fourth-order valence-corrected chi connectivity index (χ4v) is 2.54. The predicted octanol–water partition coefficient (Wildman–Crippen LogP) is 0.233. The second-order valence-electron chi connectivity index (χ2n) is 3.61. The number of hydrogen-bond acceptors (Lipinski definition) is 5. The van der Waals surface area contributed by atoms with E-state index in [-0.39, 0.29) is 18.9 Å². The Morgan fingerprint density at radius 1 is 1.59 bits per heavy atom. The van der Waals surface area contributed by atoms with Gasteiger partial charge in [0.2, 0.25) is 15.0 Å². The SMILES string of the molecule is COC(=O)C=C(C)N1CC(S(=O)(=O)Cl)CC1=O. The van der Waals surface area contributed by atoms with Gasteiger partial charge in [-0.3, -0.25) is 4.79 Å². The van der Waals surface area contributed by atoms with Crippen molar-refractivity contribution in [1.29, 1.82) is 0 Å². The van der Waals surface area contributed by atoms with Gasteiger partial charge in [0.05, 0.1) is 7.11 Å². The molecule has 0 spiro atoms. The van der Waals surface area contributed by atoms with Gasteiger partial charge >= 0.3 is 5.97 Å². The molecule has 0 saturated carbocycles. The van der Waals surface area contributed by atoms with E-state index in [2.05, 4.69) is 4.74 Å². The average molecular weight is 282 g/mol. The number of carbonyl (C=O) groups excluding carboxylic acids is 2. The molecule has 6 nitrogen and oxygen atoms in total. The maximum absolute atomic E-state index is 11.6. The zero-order chi connectivity index (χ0) is 13.2. The van der Waals surface area contributed by atoms with Gasteiger partial charge in [-0.05, 0) is 6.92 Å². The highest BCUT2D eigenvalue weighted by atomic mass is 35.7. The maximum atomic E-state index is 11.6. The summed E-state index contributed by atoms with van der Waals surface area (Å²) in [6.07, 6.45) is 0.958. The van der Waals surface area contributed by atoms with Crippen LogP contribution in [-0.4, -0.2) is 44.1 Å². The number of esters is 1. The van der Waals surface area contributed by atoms with Crippen molar-refractivity contribution < 1.29 is 22.7 Å². The lowest BCUT2D eigenvalue weighted by atomic mass is 10.4. The van der Waals surface area contributed by atoms with Crippen LogP contribution >= 0.6 is 10.7 Å². The van der Waals surface area contributed by atoms with Crippen molar-refractivity contribution in [2.75, 3.05) is 13.7 Å². The second-order valence-corrected chi connectivity index (χ2v) is 6.52. The third-order valence-corrected chi connectivity index (χ3v) is 4.31. The molecule has 8 heteroatoms. The molecule has 1 unspecified atom stereocenters. The van der Waals surface area contributed by atoms with Crippen LogP contribution in [0.15, 0.2) is 11.8 Å². The lowest BCUT2D eigenvalue weighted by Crippen LogP contribution is -2.26. The van der Waals surface area contributed by atoms with Gasteiger partial charge in [-0.1, -0.05) is 0 Å². The van der Waals surface area contributed by atoms with Gasteiger partial charge in [0.25, 0.3) is 0 Å². The maximum Gasteiger partial charge on any atom is 0.332 e. The molecule has 1 aliphatic heterocycles. The number of halogens is 1. The van der Waals surface area contributed by atoms with Crippen molar-refractivity contribution in [3.8, 4) is 0 Å². The van der Waals surface area contributed by atoms with Gasteiger partial charge in [0.15, 0.2) is 0 Å². The van der Waals surface area contributed by atoms with Crippen molar-refractivity contribution in [3.05, 3.63) is 11.8 Å². The van der Waals surface area contributed by atoms with E-state index >= 15 is 0 Å². The van der Waals surface area contributed by atoms with Crippen LogP contribution in [0.25, 0.3) is 0 Å². The molecule has 0 aromatic carbocycles. The summed E-state index contributed by atoms with van der Waals surface area (Å²) < 4.78 is 26.6. The largest absolute Gasteiger partial charge is 0.466 e. The Morgan fingerprint density at radius 2 is 2.18 bits per heavy atom. The number of methoxy groups -OCH3 is 1. The summed E-state index contributed by atoms with van der Waals surface area (Å²) in [4.78, 5) is 23.7. The molecule has 1 fully saturated rings. The topological polar surface area (TPSA) is 80.8 Å². The van der Waals surface area contributed by atoms with Crippen molar-refractivity contribution >= 4 is 31.6 Å². The zero-order valence-electron chi connectivity index (χ0n) is 9.34. The number of hydrogen-bond donors (Lipinski definition) is 0. The zero-order valence-corrected chi connectivity index (χ0v) is 10.9. The Labute approximate surface area is 104 Å². The number of carbonyl (C=O) groups is 2. The molecule has 1 atom stereocenters. The van der Waals surface area contributed by atoms with Crippen LogP contribution in [0.5, 0.6) is 0 Å². The summed E-state index contributed by atoms with van der Waals surface area (Å²) in [5.74, 6) is -0.982. The van der Waals surface area contributed by atoms with Gasteiger partial charge in [0, 0.05) is 35.4 Å². The van der Waals surface area contributed by atoms with E-state index in [1.807, 2.05) is 0 Å². The highest BCUT2D eigenvalue weighted by Crippen LogP contribution is 2.24. The minimum Gasteiger partial charge on any atom is -0.466 e. The normalized spacial score (nSPS) is 21.8. The number of nitrogens with zero attached hydrogens (tertiary/aromatic N) is 1. The van der Waals surface area contributed by atoms with Crippen molar-refractivity contribution in [2.45, 2.75) is 18.6 Å². The van der Waals surface area contributed by atoms with Crippen LogP contribution in [0.2, 0.25) is 0 Å². The summed E-state index contributed by atoms with van der Waals surface area (Å²) in [5.41, 5.74) is 0.338. The molecule has 0 bridgehead atoms. The van der Waals surface area contributed by atoms with Gasteiger partial charge in [-0.2, -0.15) is 0 Å². The minimum atomic E-state index is -3.77. The summed E-state index contributed by atoms with van der Waals surface area (Å²) in [6.45, 7) is 1.49. The number of rotatable bonds is 3. The van der Waals surface area contributed by atoms with E-state index in [4.69, 9.17) is 10.7 Å². The summed E-state index contributed by atoms with van der Waals surface area (Å²) in [7, 11) is 2.63. The minimum absolute atomic E-state index is 0.0377. The van der Waals surface area contributed by atoms with Gasteiger partial charge < -0.3 is 9.64 Å². The number of amides is 1. The van der Waals surface area contributed by atoms with Gasteiger partial charge in [-0.25, -0.2) is 13.2 Å². The monoisotopic (exact) mass is 281 g/mol. The van der Waals surface area contributed by atoms with E-state index in [0.29, 0.717) is 5.70 Å². The molecule has 0 aromatic heterocycles. The average Bonchev–Trinajstić information content (AvgIpc) is 2.59. The number of allylic oxidation sites excluding steroid dienone is 1. The molecule has 1 heterocycles. The van der Waals surface area contributed by atoms with Crippen LogP contribution in [0.4, 0.5) is 0 Å². The third-order valence-electron chi connectivity index (χ3n) is 2.44. The van der Waals surface area contributed by atoms with Crippen LogP contribution in [0.3, 0.4) is 0 Å². The first-order valence-corrected chi connectivity index (χ1v) is 7.13. The molecular formula is C9H12ClNO5S. The van der Waals surface area contributed by atoms with Crippen LogP contribution < -0.4 is 0 Å². The number of ether oxygens (including phenoxy) is 1. The summed E-state index contributed by atoms with van der Waals surface area (Å²) in [5, 5.41) is -0.933. The van der Waals surface area contributed by atoms with Gasteiger partial charge in [0.1, 0.15) is 5.25 Å². The van der Waals surface area contributed by atoms with Crippen molar-refractivity contribution in [1.82, 2.24) is 4.90 Å². The molecule has 0 aliphatic carbocycles. The van der Waals surface area contributed by atoms with Crippen molar-refractivity contribution in [3.63, 3.8) is 0 Å². The highest BCUT2D eigenvalue weighted by Gasteiger charge is 2.37. The van der Waals surface area contributed by atoms with Crippen molar-refractivity contribution in [2.24, 2.45) is 0 Å². The fourth-order valence-electron chi connectivity index (χ4n) is 1.51. The molecule has 1 aliphatic rings. The smallest absolute Gasteiger partial charge is 0.332 e. The molecule has 96 valence electrons. The summed E-state index contributed by atoms with van der Waals surface area (Å²) in [6, 6.07) is 0.